The van der Waals surface area contributed by atoms with E-state index in [9.17, 15) is 0 Å². The van der Waals surface area contributed by atoms with Crippen molar-refractivity contribution >= 4 is 5.90 Å². The monoisotopic (exact) mass is 226 g/mol. The Morgan fingerprint density at radius 3 is 1.94 bits per heavy atom. The number of ether oxygens (including phenoxy) is 1. The molecule has 0 spiro atoms. The molecular weight excluding hydrogens is 198 g/mol. The smallest absolute Gasteiger partial charge is 0.340 e. The van der Waals surface area contributed by atoms with Gasteiger partial charge in [-0.05, 0) is 41.5 Å². The van der Waals surface area contributed by atoms with E-state index in [1.807, 2.05) is 0 Å². The lowest BCUT2D eigenvalue weighted by Crippen LogP contribution is -2.53. The number of rotatable bonds is 3. The van der Waals surface area contributed by atoms with E-state index in [2.05, 4.69) is 60.0 Å². The van der Waals surface area contributed by atoms with Crippen molar-refractivity contribution in [1.82, 2.24) is 0 Å². The fraction of sp³-hybridized carbons (Fsp3) is 0.929. The van der Waals surface area contributed by atoms with Gasteiger partial charge in [0, 0.05) is 13.3 Å². The molecule has 16 heavy (non-hydrogen) atoms. The molecule has 1 aliphatic heterocycles. The molecule has 0 radical (unpaired) electrons. The summed E-state index contributed by atoms with van der Waals surface area (Å²) in [5.74, 6) is 1.61. The molecular formula is C14H28NO+. The van der Waals surface area contributed by atoms with Crippen molar-refractivity contribution in [2.45, 2.75) is 79.0 Å². The molecule has 0 aromatic heterocycles. The van der Waals surface area contributed by atoms with Gasteiger partial charge in [-0.1, -0.05) is 6.92 Å². The average molecular weight is 226 g/mol. The Balaban J connectivity index is 3.32. The number of nitrogens with zero attached hydrogens (tertiary/aromatic N) is 1. The van der Waals surface area contributed by atoms with Gasteiger partial charge in [-0.3, -0.25) is 0 Å². The van der Waals surface area contributed by atoms with Crippen LogP contribution in [-0.4, -0.2) is 27.7 Å². The normalized spacial score (nSPS) is 29.1. The summed E-state index contributed by atoms with van der Waals surface area (Å²) >= 11 is 0. The van der Waals surface area contributed by atoms with Crippen LogP contribution in [0.15, 0.2) is 0 Å². The van der Waals surface area contributed by atoms with Crippen LogP contribution >= 0.6 is 0 Å². The van der Waals surface area contributed by atoms with E-state index < -0.39 is 0 Å². The lowest BCUT2D eigenvalue weighted by atomic mass is 9.81. The zero-order chi connectivity index (χ0) is 12.7. The highest BCUT2D eigenvalue weighted by Crippen LogP contribution is 2.39. The minimum Gasteiger partial charge on any atom is -0.434 e. The molecule has 2 heteroatoms. The predicted molar refractivity (Wildman–Crippen MR) is 69.1 cm³/mol. The molecule has 2 nitrogen and oxygen atoms in total. The summed E-state index contributed by atoms with van der Waals surface area (Å²) in [6, 6.07) is 0.490. The third kappa shape index (κ3) is 1.76. The van der Waals surface area contributed by atoms with Crippen molar-refractivity contribution in [3.8, 4) is 0 Å². The van der Waals surface area contributed by atoms with E-state index in [-0.39, 0.29) is 11.1 Å². The van der Waals surface area contributed by atoms with Crippen LogP contribution in [0.5, 0.6) is 0 Å². The molecule has 0 amide bonds. The van der Waals surface area contributed by atoms with Crippen molar-refractivity contribution in [2.24, 2.45) is 5.92 Å². The average Bonchev–Trinajstić information content (AvgIpc) is 2.35. The third-order valence-corrected chi connectivity index (χ3v) is 4.12. The van der Waals surface area contributed by atoms with E-state index in [1.54, 1.807) is 0 Å². The molecule has 0 saturated heterocycles. The molecule has 0 N–H and O–H groups in total. The van der Waals surface area contributed by atoms with Gasteiger partial charge < -0.3 is 4.74 Å². The van der Waals surface area contributed by atoms with Gasteiger partial charge in [0.15, 0.2) is 11.6 Å². The van der Waals surface area contributed by atoms with Crippen molar-refractivity contribution in [2.75, 3.05) is 0 Å². The zero-order valence-corrected chi connectivity index (χ0v) is 12.2. The standard InChI is InChI=1S/C14H28NO/c1-9-14(8)13(6,7)16-12(10(2)3)15(14)11(4)5/h10-11H,9H2,1-8H3/q+1/t14-/m1/s1. The third-order valence-electron chi connectivity index (χ3n) is 4.12. The van der Waals surface area contributed by atoms with Crippen LogP contribution in [0.3, 0.4) is 0 Å². The second-order valence-corrected chi connectivity index (χ2v) is 6.20. The highest BCUT2D eigenvalue weighted by Gasteiger charge is 2.59. The molecule has 0 aliphatic carbocycles. The summed E-state index contributed by atoms with van der Waals surface area (Å²) in [5, 5.41) is 0. The second kappa shape index (κ2) is 4.05. The van der Waals surface area contributed by atoms with Crippen LogP contribution in [0.4, 0.5) is 0 Å². The summed E-state index contributed by atoms with van der Waals surface area (Å²) in [6.45, 7) is 17.9. The van der Waals surface area contributed by atoms with Crippen LogP contribution in [0.2, 0.25) is 0 Å². The summed E-state index contributed by atoms with van der Waals surface area (Å²) in [7, 11) is 0. The van der Waals surface area contributed by atoms with E-state index >= 15 is 0 Å². The van der Waals surface area contributed by atoms with Crippen molar-refractivity contribution < 1.29 is 9.31 Å². The van der Waals surface area contributed by atoms with Crippen LogP contribution in [0.25, 0.3) is 0 Å². The van der Waals surface area contributed by atoms with Crippen molar-refractivity contribution in [3.05, 3.63) is 0 Å². The fourth-order valence-electron chi connectivity index (χ4n) is 2.77. The minimum absolute atomic E-state index is 0.0980. The Morgan fingerprint density at radius 2 is 1.62 bits per heavy atom. The van der Waals surface area contributed by atoms with E-state index in [4.69, 9.17) is 4.74 Å². The predicted octanol–water partition coefficient (Wildman–Crippen LogP) is 3.44. The molecule has 94 valence electrons. The Morgan fingerprint density at radius 1 is 1.12 bits per heavy atom. The van der Waals surface area contributed by atoms with Gasteiger partial charge in [0.05, 0.1) is 5.92 Å². The zero-order valence-electron chi connectivity index (χ0n) is 12.2. The van der Waals surface area contributed by atoms with Crippen LogP contribution < -0.4 is 0 Å². The van der Waals surface area contributed by atoms with E-state index in [0.717, 1.165) is 12.3 Å². The highest BCUT2D eigenvalue weighted by molar-refractivity contribution is 5.75. The first-order valence-corrected chi connectivity index (χ1v) is 6.52. The first-order valence-electron chi connectivity index (χ1n) is 6.52. The van der Waals surface area contributed by atoms with Gasteiger partial charge in [-0.25, -0.2) is 0 Å². The van der Waals surface area contributed by atoms with Crippen molar-refractivity contribution in [1.29, 1.82) is 0 Å². The number of hydrogen-bond acceptors (Lipinski definition) is 1. The Bertz CT molecular complexity index is 302. The van der Waals surface area contributed by atoms with E-state index in [1.165, 1.54) is 0 Å². The minimum atomic E-state index is -0.106. The first kappa shape index (κ1) is 13.5. The largest absolute Gasteiger partial charge is 0.434 e. The number of hydrogen-bond donors (Lipinski definition) is 0. The van der Waals surface area contributed by atoms with Crippen molar-refractivity contribution in [3.63, 3.8) is 0 Å². The summed E-state index contributed by atoms with van der Waals surface area (Å²) in [4.78, 5) is 0. The SMILES string of the molecule is CC[C@@]1(C)[N+](C(C)C)=C(C(C)C)OC1(C)C. The summed E-state index contributed by atoms with van der Waals surface area (Å²) in [5.41, 5.74) is -0.00755. The first-order chi connectivity index (χ1) is 7.17. The molecule has 0 aromatic rings. The Hall–Kier alpha value is -0.530. The molecule has 1 atom stereocenters. The van der Waals surface area contributed by atoms with Gasteiger partial charge in [0.1, 0.15) is 0 Å². The van der Waals surface area contributed by atoms with Crippen LogP contribution in [0, 0.1) is 5.92 Å². The molecule has 0 aromatic carbocycles. The van der Waals surface area contributed by atoms with Crippen LogP contribution in [-0.2, 0) is 4.74 Å². The molecule has 0 bridgehead atoms. The molecule has 1 rings (SSSR count). The van der Waals surface area contributed by atoms with Gasteiger partial charge in [-0.15, -0.1) is 0 Å². The van der Waals surface area contributed by atoms with E-state index in [0.29, 0.717) is 12.0 Å². The molecule has 0 fully saturated rings. The Kier molecular flexibility index (Phi) is 3.42. The van der Waals surface area contributed by atoms with Gasteiger partial charge in [0.2, 0.25) is 5.54 Å². The topological polar surface area (TPSA) is 12.2 Å². The quantitative estimate of drug-likeness (QED) is 0.671. The lowest BCUT2D eigenvalue weighted by Gasteiger charge is -2.32. The van der Waals surface area contributed by atoms with Gasteiger partial charge in [-0.2, -0.15) is 4.58 Å². The van der Waals surface area contributed by atoms with Crippen LogP contribution in [0.1, 0.15) is 61.8 Å². The maximum absolute atomic E-state index is 6.23. The van der Waals surface area contributed by atoms with Gasteiger partial charge >= 0.3 is 5.90 Å². The highest BCUT2D eigenvalue weighted by atomic mass is 16.5. The summed E-state index contributed by atoms with van der Waals surface area (Å²) in [6.07, 6.45) is 1.11. The second-order valence-electron chi connectivity index (χ2n) is 6.20. The molecule has 0 unspecified atom stereocenters. The van der Waals surface area contributed by atoms with Gasteiger partial charge in [0.25, 0.3) is 0 Å². The molecule has 1 heterocycles. The summed E-state index contributed by atoms with van der Waals surface area (Å²) < 4.78 is 8.72. The maximum atomic E-state index is 6.23. The molecule has 1 aliphatic rings. The lowest BCUT2D eigenvalue weighted by molar-refractivity contribution is -0.632. The Labute approximate surface area is 101 Å². The molecule has 0 saturated carbocycles. The maximum Gasteiger partial charge on any atom is 0.340 e. The fourth-order valence-corrected chi connectivity index (χ4v) is 2.77.